The fourth-order valence-electron chi connectivity index (χ4n) is 1.49. The zero-order chi connectivity index (χ0) is 12.3. The quantitative estimate of drug-likeness (QED) is 0.837. The van der Waals surface area contributed by atoms with Crippen LogP contribution in [0.3, 0.4) is 0 Å². The average Bonchev–Trinajstić information content (AvgIpc) is 2.72. The Balaban J connectivity index is 2.26. The van der Waals surface area contributed by atoms with Crippen molar-refractivity contribution in [3.8, 4) is 0 Å². The van der Waals surface area contributed by atoms with Crippen molar-refractivity contribution in [2.24, 2.45) is 12.8 Å². The van der Waals surface area contributed by atoms with Crippen LogP contribution in [-0.4, -0.2) is 15.5 Å². The summed E-state index contributed by atoms with van der Waals surface area (Å²) in [4.78, 5) is 15.7. The molecule has 17 heavy (non-hydrogen) atoms. The molecule has 1 atom stereocenters. The van der Waals surface area contributed by atoms with Gasteiger partial charge >= 0.3 is 0 Å². The molecule has 1 amide bonds. The smallest absolute Gasteiger partial charge is 0.235 e. The van der Waals surface area contributed by atoms with Crippen LogP contribution in [0.15, 0.2) is 47.9 Å². The lowest BCUT2D eigenvalue weighted by molar-refractivity contribution is -0.117. The fourth-order valence-corrected chi connectivity index (χ4v) is 2.46. The molecular weight excluding hydrogens is 234 g/mol. The number of primary amides is 1. The molecule has 0 aliphatic rings. The third-order valence-corrected chi connectivity index (χ3v) is 3.71. The topological polar surface area (TPSA) is 60.9 Å². The van der Waals surface area contributed by atoms with Crippen molar-refractivity contribution in [2.45, 2.75) is 10.4 Å². The minimum atomic E-state index is -0.405. The minimum absolute atomic E-state index is 0.357. The van der Waals surface area contributed by atoms with Gasteiger partial charge in [-0.15, -0.1) is 0 Å². The summed E-state index contributed by atoms with van der Waals surface area (Å²) in [6, 6.07) is 9.48. The van der Waals surface area contributed by atoms with Crippen molar-refractivity contribution in [2.75, 3.05) is 0 Å². The molecule has 0 aliphatic heterocycles. The summed E-state index contributed by atoms with van der Waals surface area (Å²) in [7, 11) is 1.89. The fraction of sp³-hybridized carbons (Fsp3) is 0.167. The first-order valence-electron chi connectivity index (χ1n) is 5.16. The number of rotatable bonds is 4. The van der Waals surface area contributed by atoms with E-state index in [0.717, 1.165) is 10.7 Å². The summed E-state index contributed by atoms with van der Waals surface area (Å²) in [5, 5.41) is 0.370. The van der Waals surface area contributed by atoms with Crippen LogP contribution < -0.4 is 5.73 Å². The molecule has 4 nitrogen and oxygen atoms in total. The first-order valence-corrected chi connectivity index (χ1v) is 6.04. The van der Waals surface area contributed by atoms with Crippen LogP contribution in [0, 0.1) is 0 Å². The number of benzene rings is 1. The molecule has 2 rings (SSSR count). The predicted octanol–water partition coefficient (Wildman–Crippen LogP) is 1.74. The second-order valence-corrected chi connectivity index (χ2v) is 4.70. The van der Waals surface area contributed by atoms with Crippen LogP contribution in [0.4, 0.5) is 0 Å². The van der Waals surface area contributed by atoms with E-state index in [-0.39, 0.29) is 5.91 Å². The molecule has 2 aromatic rings. The lowest BCUT2D eigenvalue weighted by Gasteiger charge is -2.12. The Kier molecular flexibility index (Phi) is 3.49. The third-order valence-electron chi connectivity index (χ3n) is 2.36. The normalized spacial score (nSPS) is 12.3. The van der Waals surface area contributed by atoms with E-state index in [4.69, 9.17) is 5.73 Å². The maximum atomic E-state index is 11.5. The SMILES string of the molecule is Cn1ccnc1S[C@H](C(N)=O)c1ccccc1. The van der Waals surface area contributed by atoms with E-state index in [2.05, 4.69) is 4.98 Å². The molecule has 0 fully saturated rings. The lowest BCUT2D eigenvalue weighted by atomic mass is 10.1. The number of carbonyl (C=O) groups excluding carboxylic acids is 1. The molecule has 2 N–H and O–H groups in total. The second kappa shape index (κ2) is 5.05. The first-order chi connectivity index (χ1) is 8.18. The first kappa shape index (κ1) is 11.7. The molecule has 0 radical (unpaired) electrons. The molecule has 0 unspecified atom stereocenters. The summed E-state index contributed by atoms with van der Waals surface area (Å²) in [5.41, 5.74) is 6.33. The standard InChI is InChI=1S/C12H13N3OS/c1-15-8-7-14-12(15)17-10(11(13)16)9-5-3-2-4-6-9/h2-8,10H,1H3,(H2,13,16)/t10-/m0/s1. The van der Waals surface area contributed by atoms with Crippen molar-refractivity contribution < 1.29 is 4.79 Å². The Morgan fingerprint density at radius 1 is 1.41 bits per heavy atom. The molecule has 0 bridgehead atoms. The Labute approximate surface area is 104 Å². The third kappa shape index (κ3) is 2.68. The maximum Gasteiger partial charge on any atom is 0.235 e. The molecule has 5 heteroatoms. The molecule has 0 aliphatic carbocycles. The number of amides is 1. The summed E-state index contributed by atoms with van der Waals surface area (Å²) >= 11 is 1.36. The van der Waals surface area contributed by atoms with Gasteiger partial charge in [-0.25, -0.2) is 4.98 Å². The van der Waals surface area contributed by atoms with E-state index < -0.39 is 5.25 Å². The lowest BCUT2D eigenvalue weighted by Crippen LogP contribution is -2.19. The van der Waals surface area contributed by atoms with E-state index in [9.17, 15) is 4.79 Å². The van der Waals surface area contributed by atoms with Gasteiger partial charge < -0.3 is 10.3 Å². The highest BCUT2D eigenvalue weighted by molar-refractivity contribution is 8.00. The number of nitrogens with zero attached hydrogens (tertiary/aromatic N) is 2. The summed E-state index contributed by atoms with van der Waals surface area (Å²) in [6.45, 7) is 0. The van der Waals surface area contributed by atoms with Crippen molar-refractivity contribution >= 4 is 17.7 Å². The van der Waals surface area contributed by atoms with Crippen LogP contribution in [0.2, 0.25) is 0 Å². The Morgan fingerprint density at radius 3 is 2.65 bits per heavy atom. The van der Waals surface area contributed by atoms with E-state index in [1.165, 1.54) is 11.8 Å². The number of hydrogen-bond donors (Lipinski definition) is 1. The largest absolute Gasteiger partial charge is 0.368 e. The van der Waals surface area contributed by atoms with Crippen LogP contribution in [-0.2, 0) is 11.8 Å². The van der Waals surface area contributed by atoms with Gasteiger partial charge in [0.2, 0.25) is 5.91 Å². The van der Waals surface area contributed by atoms with Gasteiger partial charge in [0.1, 0.15) is 5.25 Å². The second-order valence-electron chi connectivity index (χ2n) is 3.63. The summed E-state index contributed by atoms with van der Waals surface area (Å²) in [6.07, 6.45) is 3.54. The Bertz CT molecular complexity index is 509. The summed E-state index contributed by atoms with van der Waals surface area (Å²) in [5.74, 6) is -0.357. The van der Waals surface area contributed by atoms with Gasteiger partial charge in [0, 0.05) is 19.4 Å². The molecule has 1 aromatic carbocycles. The van der Waals surface area contributed by atoms with Gasteiger partial charge in [-0.05, 0) is 5.56 Å². The molecular formula is C12H13N3OS. The van der Waals surface area contributed by atoms with E-state index >= 15 is 0 Å². The highest BCUT2D eigenvalue weighted by atomic mass is 32.2. The number of aromatic nitrogens is 2. The summed E-state index contributed by atoms with van der Waals surface area (Å²) < 4.78 is 1.86. The van der Waals surface area contributed by atoms with E-state index in [1.54, 1.807) is 6.20 Å². The van der Waals surface area contributed by atoms with E-state index in [0.29, 0.717) is 0 Å². The van der Waals surface area contributed by atoms with Gasteiger partial charge in [0.15, 0.2) is 5.16 Å². The Morgan fingerprint density at radius 2 is 2.12 bits per heavy atom. The van der Waals surface area contributed by atoms with Crippen LogP contribution in [0.5, 0.6) is 0 Å². The van der Waals surface area contributed by atoms with Crippen molar-refractivity contribution in [1.29, 1.82) is 0 Å². The van der Waals surface area contributed by atoms with Crippen LogP contribution >= 0.6 is 11.8 Å². The molecule has 88 valence electrons. The number of hydrogen-bond acceptors (Lipinski definition) is 3. The average molecular weight is 247 g/mol. The maximum absolute atomic E-state index is 11.5. The van der Waals surface area contributed by atoms with Gasteiger partial charge in [0.25, 0.3) is 0 Å². The molecule has 1 heterocycles. The van der Waals surface area contributed by atoms with Crippen molar-refractivity contribution in [3.63, 3.8) is 0 Å². The van der Waals surface area contributed by atoms with Crippen molar-refractivity contribution in [1.82, 2.24) is 9.55 Å². The van der Waals surface area contributed by atoms with Crippen LogP contribution in [0.1, 0.15) is 10.8 Å². The zero-order valence-electron chi connectivity index (χ0n) is 9.41. The van der Waals surface area contributed by atoms with Gasteiger partial charge in [-0.3, -0.25) is 4.79 Å². The van der Waals surface area contributed by atoms with Gasteiger partial charge in [-0.2, -0.15) is 0 Å². The zero-order valence-corrected chi connectivity index (χ0v) is 10.2. The van der Waals surface area contributed by atoms with Gasteiger partial charge in [0.05, 0.1) is 0 Å². The Hall–Kier alpha value is -1.75. The highest BCUT2D eigenvalue weighted by Crippen LogP contribution is 2.33. The molecule has 1 aromatic heterocycles. The number of imidazole rings is 1. The van der Waals surface area contributed by atoms with Crippen molar-refractivity contribution in [3.05, 3.63) is 48.3 Å². The number of aryl methyl sites for hydroxylation is 1. The highest BCUT2D eigenvalue weighted by Gasteiger charge is 2.20. The number of nitrogens with two attached hydrogens (primary N) is 1. The van der Waals surface area contributed by atoms with E-state index in [1.807, 2.05) is 48.1 Å². The number of carbonyl (C=O) groups is 1. The van der Waals surface area contributed by atoms with Gasteiger partial charge in [-0.1, -0.05) is 42.1 Å². The predicted molar refractivity (Wildman–Crippen MR) is 67.4 cm³/mol. The number of thioether (sulfide) groups is 1. The monoisotopic (exact) mass is 247 g/mol. The molecule has 0 saturated heterocycles. The van der Waals surface area contributed by atoms with Crippen LogP contribution in [0.25, 0.3) is 0 Å². The minimum Gasteiger partial charge on any atom is -0.368 e. The molecule has 0 saturated carbocycles. The molecule has 0 spiro atoms.